The molecule has 0 radical (unpaired) electrons. The van der Waals surface area contributed by atoms with Crippen molar-refractivity contribution in [3.8, 4) is 0 Å². The fourth-order valence-corrected chi connectivity index (χ4v) is 2.62. The van der Waals surface area contributed by atoms with Crippen LogP contribution in [0.2, 0.25) is 0 Å². The van der Waals surface area contributed by atoms with Crippen molar-refractivity contribution in [3.63, 3.8) is 0 Å². The molecule has 3 N–H and O–H groups in total. The minimum Gasteiger partial charge on any atom is -0.481 e. The van der Waals surface area contributed by atoms with E-state index in [9.17, 15) is 28.3 Å². The van der Waals surface area contributed by atoms with E-state index in [-0.39, 0.29) is 24.5 Å². The van der Waals surface area contributed by atoms with Crippen LogP contribution in [0.1, 0.15) is 55.8 Å². The van der Waals surface area contributed by atoms with Crippen molar-refractivity contribution in [2.45, 2.75) is 44.6 Å². The number of carboxylic acid groups (broad SMARTS) is 2. The summed E-state index contributed by atoms with van der Waals surface area (Å²) in [5.41, 5.74) is 1.57. The van der Waals surface area contributed by atoms with Crippen molar-refractivity contribution in [2.75, 3.05) is 0 Å². The van der Waals surface area contributed by atoms with E-state index in [1.165, 1.54) is 48.5 Å². The molecule has 0 amide bonds. The number of aliphatic hydroxyl groups is 1. The molecule has 1 unspecified atom stereocenters. The van der Waals surface area contributed by atoms with E-state index in [4.69, 9.17) is 10.2 Å². The Hall–Kier alpha value is -3.35. The second-order valence-corrected chi connectivity index (χ2v) is 6.69. The standard InChI is InChI=1S/C12H11FO3.C11H13FO3/c13-11-6-4-9(5-7-11)10(8-14)2-1-3-12(15)16;12-9-6-4-8(5-7-9)10(13)2-1-3-11(14)15/h4-7H,1-3H2,(H,15,16);4-7,10,13H,1-3H2,(H,14,15). The van der Waals surface area contributed by atoms with Gasteiger partial charge in [0.2, 0.25) is 0 Å². The van der Waals surface area contributed by atoms with Crippen molar-refractivity contribution < 1.29 is 38.5 Å². The van der Waals surface area contributed by atoms with Crippen molar-refractivity contribution >= 4 is 23.5 Å². The zero-order valence-corrected chi connectivity index (χ0v) is 16.8. The average Bonchev–Trinajstić information content (AvgIpc) is 2.72. The van der Waals surface area contributed by atoms with Gasteiger partial charge < -0.3 is 15.3 Å². The summed E-state index contributed by atoms with van der Waals surface area (Å²) in [7, 11) is 0. The maximum absolute atomic E-state index is 12.6. The van der Waals surface area contributed by atoms with E-state index in [1.54, 1.807) is 5.94 Å². The molecule has 2 rings (SSSR count). The highest BCUT2D eigenvalue weighted by molar-refractivity contribution is 5.87. The number of carboxylic acids is 2. The first-order valence-electron chi connectivity index (χ1n) is 9.60. The van der Waals surface area contributed by atoms with Crippen molar-refractivity contribution in [2.24, 2.45) is 0 Å². The maximum atomic E-state index is 12.6. The number of benzene rings is 2. The zero-order valence-electron chi connectivity index (χ0n) is 16.8. The number of hydrogen-bond donors (Lipinski definition) is 3. The van der Waals surface area contributed by atoms with E-state index < -0.39 is 18.0 Å². The molecular weight excluding hydrogens is 410 g/mol. The lowest BCUT2D eigenvalue weighted by Crippen LogP contribution is -2.00. The van der Waals surface area contributed by atoms with Crippen molar-refractivity contribution in [3.05, 3.63) is 71.3 Å². The molecule has 0 saturated heterocycles. The van der Waals surface area contributed by atoms with E-state index in [2.05, 4.69) is 0 Å². The number of hydrogen-bond acceptors (Lipinski definition) is 4. The lowest BCUT2D eigenvalue weighted by Gasteiger charge is -2.09. The number of rotatable bonds is 10. The molecule has 0 saturated carbocycles. The van der Waals surface area contributed by atoms with Crippen LogP contribution in [0.15, 0.2) is 48.5 Å². The Morgan fingerprint density at radius 1 is 0.806 bits per heavy atom. The third-order valence-corrected chi connectivity index (χ3v) is 4.26. The summed E-state index contributed by atoms with van der Waals surface area (Å²) in [4.78, 5) is 31.2. The Balaban J connectivity index is 0.000000311. The number of aliphatic hydroxyl groups excluding tert-OH is 1. The summed E-state index contributed by atoms with van der Waals surface area (Å²) in [6, 6.07) is 11.0. The summed E-state index contributed by atoms with van der Waals surface area (Å²) in [5, 5.41) is 26.5. The molecule has 2 aromatic carbocycles. The van der Waals surface area contributed by atoms with Gasteiger partial charge in [-0.1, -0.05) is 24.3 Å². The predicted molar refractivity (Wildman–Crippen MR) is 110 cm³/mol. The van der Waals surface area contributed by atoms with Gasteiger partial charge in [-0.3, -0.25) is 9.59 Å². The van der Waals surface area contributed by atoms with Crippen LogP contribution in [0, 0.1) is 11.6 Å². The lowest BCUT2D eigenvalue weighted by atomic mass is 10.0. The SMILES string of the molecule is O=C(O)CCCC(O)c1ccc(F)cc1.O=C=C(CCCC(=O)O)c1ccc(F)cc1. The van der Waals surface area contributed by atoms with Crippen LogP contribution in [0.5, 0.6) is 0 Å². The molecule has 0 heterocycles. The minimum absolute atomic E-state index is 0.00632. The van der Waals surface area contributed by atoms with Crippen LogP contribution >= 0.6 is 0 Å². The Kier molecular flexibility index (Phi) is 11.4. The monoisotopic (exact) mass is 434 g/mol. The lowest BCUT2D eigenvalue weighted by molar-refractivity contribution is -0.138. The highest BCUT2D eigenvalue weighted by Gasteiger charge is 2.08. The Morgan fingerprint density at radius 3 is 1.77 bits per heavy atom. The van der Waals surface area contributed by atoms with Gasteiger partial charge in [0.05, 0.1) is 6.10 Å². The molecule has 0 aliphatic heterocycles. The van der Waals surface area contributed by atoms with Crippen LogP contribution < -0.4 is 0 Å². The molecule has 0 aliphatic carbocycles. The minimum atomic E-state index is -0.899. The molecular formula is C23H24F2O6. The first-order valence-corrected chi connectivity index (χ1v) is 9.60. The van der Waals surface area contributed by atoms with Gasteiger partial charge >= 0.3 is 11.9 Å². The van der Waals surface area contributed by atoms with Crippen LogP contribution in [-0.4, -0.2) is 33.2 Å². The van der Waals surface area contributed by atoms with Gasteiger partial charge in [0.1, 0.15) is 17.6 Å². The van der Waals surface area contributed by atoms with Gasteiger partial charge in [-0.15, -0.1) is 0 Å². The summed E-state index contributed by atoms with van der Waals surface area (Å²) >= 11 is 0. The van der Waals surface area contributed by atoms with Crippen LogP contribution in [0.4, 0.5) is 8.78 Å². The molecule has 8 heteroatoms. The van der Waals surface area contributed by atoms with Gasteiger partial charge in [-0.2, -0.15) is 0 Å². The largest absolute Gasteiger partial charge is 0.481 e. The molecule has 0 fully saturated rings. The zero-order chi connectivity index (χ0) is 23.2. The number of carbonyl (C=O) groups is 2. The smallest absolute Gasteiger partial charge is 0.303 e. The topological polar surface area (TPSA) is 112 Å². The number of aliphatic carboxylic acids is 2. The Morgan fingerprint density at radius 2 is 1.29 bits per heavy atom. The fourth-order valence-electron chi connectivity index (χ4n) is 2.62. The molecule has 6 nitrogen and oxygen atoms in total. The van der Waals surface area contributed by atoms with Gasteiger partial charge in [0.25, 0.3) is 0 Å². The third kappa shape index (κ3) is 10.8. The summed E-state index contributed by atoms with van der Waals surface area (Å²) in [5.74, 6) is -0.736. The van der Waals surface area contributed by atoms with Gasteiger partial charge in [0, 0.05) is 18.4 Å². The highest BCUT2D eigenvalue weighted by atomic mass is 19.1. The first-order chi connectivity index (χ1) is 14.7. The van der Waals surface area contributed by atoms with E-state index in [0.29, 0.717) is 42.4 Å². The third-order valence-electron chi connectivity index (χ3n) is 4.26. The maximum Gasteiger partial charge on any atom is 0.303 e. The summed E-state index contributed by atoms with van der Waals surface area (Å²) in [6.07, 6.45) is 0.819. The second-order valence-electron chi connectivity index (χ2n) is 6.69. The quantitative estimate of drug-likeness (QED) is 0.478. The van der Waals surface area contributed by atoms with Gasteiger partial charge in [-0.25, -0.2) is 13.6 Å². The Bertz CT molecular complexity index is 887. The molecule has 2 aromatic rings. The van der Waals surface area contributed by atoms with E-state index in [1.807, 2.05) is 0 Å². The first kappa shape index (κ1) is 25.7. The molecule has 1 atom stereocenters. The molecule has 31 heavy (non-hydrogen) atoms. The average molecular weight is 434 g/mol. The summed E-state index contributed by atoms with van der Waals surface area (Å²) < 4.78 is 25.2. The van der Waals surface area contributed by atoms with Crippen molar-refractivity contribution in [1.29, 1.82) is 0 Å². The molecule has 0 bridgehead atoms. The molecule has 0 aromatic heterocycles. The number of halogens is 2. The van der Waals surface area contributed by atoms with E-state index >= 15 is 0 Å². The van der Waals surface area contributed by atoms with E-state index in [0.717, 1.165) is 0 Å². The number of carbonyl (C=O) groups excluding carboxylic acids is 1. The van der Waals surface area contributed by atoms with Gasteiger partial charge in [-0.05, 0) is 61.1 Å². The fraction of sp³-hybridized carbons (Fsp3) is 0.304. The predicted octanol–water partition coefficient (Wildman–Crippen LogP) is 4.41. The van der Waals surface area contributed by atoms with Crippen molar-refractivity contribution in [1.82, 2.24) is 0 Å². The van der Waals surface area contributed by atoms with Crippen LogP contribution in [0.3, 0.4) is 0 Å². The van der Waals surface area contributed by atoms with Crippen LogP contribution in [0.25, 0.3) is 5.57 Å². The summed E-state index contributed by atoms with van der Waals surface area (Å²) in [6.45, 7) is 0. The highest BCUT2D eigenvalue weighted by Crippen LogP contribution is 2.19. The molecule has 0 aliphatic rings. The normalized spacial score (nSPS) is 10.9. The Labute approximate surface area is 178 Å². The van der Waals surface area contributed by atoms with Gasteiger partial charge in [0.15, 0.2) is 0 Å². The molecule has 166 valence electrons. The number of allylic oxidation sites excluding steroid dienone is 1. The second kappa shape index (κ2) is 13.8. The van der Waals surface area contributed by atoms with Crippen LogP contribution in [-0.2, 0) is 14.4 Å². The molecule has 0 spiro atoms.